The SMILES string of the molecule is Cc1cc2c(cc1C1c3cc4c(c5c3B(c3sc6cc7c(cc6c31)C(C)(C)CCC7(C)C)N(c1ccc3c(c1)C(C)(C)CCC3(C)C)c1cc3c(cc1-5)C(C)(C)c1cc5c(cc1-3)C(C)(C)CCC5(C)C)C(C)(C)c1ccccc1-4)C(C)(C)CCC2(C)C. The predicted octanol–water partition coefficient (Wildman–Crippen LogP) is 21.6. The number of thiophene rings is 1. The van der Waals surface area contributed by atoms with Crippen molar-refractivity contribution in [2.24, 2.45) is 0 Å². The number of anilines is 2. The molecule has 0 radical (unpaired) electrons. The van der Waals surface area contributed by atoms with Crippen LogP contribution < -0.4 is 15.1 Å². The Bertz CT molecular complexity index is 4430. The lowest BCUT2D eigenvalue weighted by Crippen LogP contribution is -2.61. The van der Waals surface area contributed by atoms with Crippen LogP contribution in [0.4, 0.5) is 11.4 Å². The monoisotopic (exact) mass is 1160 g/mol. The van der Waals surface area contributed by atoms with Crippen LogP contribution in [-0.4, -0.2) is 6.85 Å². The number of aryl methyl sites for hydroxylation is 1. The minimum absolute atomic E-state index is 0.0173. The maximum atomic E-state index is 2.96. The summed E-state index contributed by atoms with van der Waals surface area (Å²) in [7, 11) is 0. The van der Waals surface area contributed by atoms with E-state index in [1.165, 1.54) is 167 Å². The normalized spacial score (nSPS) is 23.4. The third-order valence-electron chi connectivity index (χ3n) is 26.0. The minimum atomic E-state index is -0.251. The van der Waals surface area contributed by atoms with E-state index in [0.29, 0.717) is 0 Å². The molecule has 8 aromatic rings. The number of fused-ring (bicyclic) bond motifs is 17. The van der Waals surface area contributed by atoms with E-state index in [1.807, 2.05) is 0 Å². The number of nitrogens with zero attached hydrogens (tertiary/aromatic N) is 1. The first-order valence-corrected chi connectivity index (χ1v) is 34.7. The Morgan fingerprint density at radius 1 is 0.391 bits per heavy atom. The lowest BCUT2D eigenvalue weighted by molar-refractivity contribution is 0.331. The van der Waals surface area contributed by atoms with Gasteiger partial charge in [-0.2, -0.15) is 0 Å². The first kappa shape index (κ1) is 56.6. The van der Waals surface area contributed by atoms with Crippen LogP contribution in [-0.2, 0) is 54.1 Å². The van der Waals surface area contributed by atoms with E-state index in [9.17, 15) is 0 Å². The average molecular weight is 1160 g/mol. The predicted molar refractivity (Wildman–Crippen MR) is 376 cm³/mol. The zero-order valence-electron chi connectivity index (χ0n) is 56.9. The molecule has 446 valence electrons. The van der Waals surface area contributed by atoms with E-state index in [0.717, 1.165) is 0 Å². The summed E-state index contributed by atoms with van der Waals surface area (Å²) >= 11 is 2.15. The molecule has 1 atom stereocenters. The van der Waals surface area contributed by atoms with Crippen molar-refractivity contribution in [2.45, 2.75) is 257 Å². The fourth-order valence-corrected chi connectivity index (χ4v) is 21.1. The van der Waals surface area contributed by atoms with Crippen LogP contribution in [0.25, 0.3) is 43.5 Å². The topological polar surface area (TPSA) is 3.24 Å². The van der Waals surface area contributed by atoms with Crippen LogP contribution in [0.3, 0.4) is 0 Å². The van der Waals surface area contributed by atoms with Gasteiger partial charge in [-0.25, -0.2) is 0 Å². The number of benzene rings is 7. The molecule has 3 heteroatoms. The number of hydrogen-bond acceptors (Lipinski definition) is 2. The largest absolute Gasteiger partial charge is 0.376 e. The number of rotatable bonds is 2. The van der Waals surface area contributed by atoms with Gasteiger partial charge in [-0.05, 0) is 272 Å². The summed E-state index contributed by atoms with van der Waals surface area (Å²) in [4.78, 5) is 2.96. The van der Waals surface area contributed by atoms with Crippen molar-refractivity contribution >= 4 is 49.9 Å². The second-order valence-electron chi connectivity index (χ2n) is 35.9. The Kier molecular flexibility index (Phi) is 11.1. The quantitative estimate of drug-likeness (QED) is 0.156. The molecule has 0 N–H and O–H groups in total. The van der Waals surface area contributed by atoms with E-state index in [2.05, 4.69) is 259 Å². The molecule has 1 aromatic heterocycles. The molecular weight excluding hydrogens is 1070 g/mol. The molecule has 0 saturated heterocycles. The maximum Gasteiger partial charge on any atom is 0.339 e. The second kappa shape index (κ2) is 17.0. The molecule has 2 aliphatic heterocycles. The average Bonchev–Trinajstić information content (AvgIpc) is 1.60. The van der Waals surface area contributed by atoms with Gasteiger partial charge in [0.1, 0.15) is 0 Å². The van der Waals surface area contributed by atoms with E-state index in [-0.39, 0.29) is 66.9 Å². The zero-order valence-corrected chi connectivity index (χ0v) is 57.7. The van der Waals surface area contributed by atoms with Crippen LogP contribution in [0, 0.1) is 6.92 Å². The summed E-state index contributed by atoms with van der Waals surface area (Å²) in [6, 6.07) is 42.1. The van der Waals surface area contributed by atoms with Gasteiger partial charge in [0.05, 0.1) is 0 Å². The number of hydrogen-bond donors (Lipinski definition) is 0. The van der Waals surface area contributed by atoms with Crippen LogP contribution in [0.5, 0.6) is 0 Å². The van der Waals surface area contributed by atoms with Crippen molar-refractivity contribution in [1.29, 1.82) is 0 Å². The zero-order chi connectivity index (χ0) is 61.6. The van der Waals surface area contributed by atoms with Gasteiger partial charge in [-0.3, -0.25) is 0 Å². The molecule has 1 nitrogen and oxygen atoms in total. The molecule has 7 aromatic carbocycles. The van der Waals surface area contributed by atoms with E-state index >= 15 is 0 Å². The van der Waals surface area contributed by atoms with Gasteiger partial charge in [0.15, 0.2) is 0 Å². The minimum Gasteiger partial charge on any atom is -0.376 e. The van der Waals surface area contributed by atoms with Gasteiger partial charge in [-0.15, -0.1) is 11.3 Å². The highest BCUT2D eigenvalue weighted by Gasteiger charge is 2.54. The van der Waals surface area contributed by atoms with E-state index < -0.39 is 0 Å². The van der Waals surface area contributed by atoms with Gasteiger partial charge >= 0.3 is 6.85 Å². The lowest BCUT2D eigenvalue weighted by Gasteiger charge is -2.47. The third kappa shape index (κ3) is 7.39. The summed E-state index contributed by atoms with van der Waals surface area (Å²) in [5.41, 5.74) is 37.3. The van der Waals surface area contributed by atoms with Crippen LogP contribution in [0.1, 0.15) is 285 Å². The molecule has 0 bridgehead atoms. The molecule has 0 saturated carbocycles. The van der Waals surface area contributed by atoms with Gasteiger partial charge < -0.3 is 4.81 Å². The van der Waals surface area contributed by atoms with Gasteiger partial charge in [0, 0.05) is 43.2 Å². The molecule has 0 spiro atoms. The lowest BCUT2D eigenvalue weighted by atomic mass is 9.42. The van der Waals surface area contributed by atoms with Crippen molar-refractivity contribution < 1.29 is 0 Å². The maximum absolute atomic E-state index is 2.96. The van der Waals surface area contributed by atoms with Crippen molar-refractivity contribution in [3.63, 3.8) is 0 Å². The van der Waals surface area contributed by atoms with Crippen molar-refractivity contribution in [2.75, 3.05) is 4.81 Å². The summed E-state index contributed by atoms with van der Waals surface area (Å²) < 4.78 is 2.99. The second-order valence-corrected chi connectivity index (χ2v) is 36.9. The van der Waals surface area contributed by atoms with Crippen molar-refractivity contribution in [3.8, 4) is 33.4 Å². The van der Waals surface area contributed by atoms with Gasteiger partial charge in [-0.1, -0.05) is 193 Å². The fourth-order valence-electron chi connectivity index (χ4n) is 19.8. The Labute approximate surface area is 527 Å². The smallest absolute Gasteiger partial charge is 0.339 e. The standard InChI is InChI=1S/C84H96BNS/c1-46-36-60-62(78(8,9)31-30-76(60,4)5)39-49(46)69-55-38-52-48-24-22-23-25-56(48)84(20,21)72(52)71-53-41-58-51(50-40-63-65(44-59(50)83(58,18)19)81(14,15)34-32-79(63,10)11)43-67(53)86(47-26-27-57-61(37-47)77(6,7)29-28-75(57,2)3)85(73(55)71)74-70(69)54-42-64-66(45-68(54)87-74)82(16,17)35-33-80(64,12)13/h22-27,36-45,69H,28-35H2,1-21H3. The van der Waals surface area contributed by atoms with Crippen molar-refractivity contribution in [3.05, 3.63) is 186 Å². The van der Waals surface area contributed by atoms with E-state index in [4.69, 9.17) is 0 Å². The third-order valence-corrected chi connectivity index (χ3v) is 27.2. The Balaban J connectivity index is 1.10. The molecule has 6 aliphatic carbocycles. The van der Waals surface area contributed by atoms with Gasteiger partial charge in [0.2, 0.25) is 0 Å². The Morgan fingerprint density at radius 2 is 0.874 bits per heavy atom. The highest BCUT2D eigenvalue weighted by atomic mass is 32.1. The Morgan fingerprint density at radius 3 is 1.48 bits per heavy atom. The van der Waals surface area contributed by atoms with Crippen molar-refractivity contribution in [1.82, 2.24) is 0 Å². The molecule has 1 unspecified atom stereocenters. The molecular formula is C84H96BNS. The van der Waals surface area contributed by atoms with Gasteiger partial charge in [0.25, 0.3) is 0 Å². The summed E-state index contributed by atoms with van der Waals surface area (Å²) in [5.74, 6) is 0.0173. The molecule has 87 heavy (non-hydrogen) atoms. The molecule has 0 amide bonds. The first-order chi connectivity index (χ1) is 40.5. The molecule has 3 heterocycles. The first-order valence-electron chi connectivity index (χ1n) is 33.9. The van der Waals surface area contributed by atoms with Crippen LogP contribution in [0.15, 0.2) is 97.1 Å². The van der Waals surface area contributed by atoms with E-state index in [1.54, 1.807) is 38.9 Å². The highest BCUT2D eigenvalue weighted by Crippen LogP contribution is 2.63. The summed E-state index contributed by atoms with van der Waals surface area (Å²) in [6.07, 6.45) is 9.57. The summed E-state index contributed by atoms with van der Waals surface area (Å²) in [6.45, 7) is 53.0. The fraction of sp³-hybridized carbons (Fsp3) is 0.476. The Hall–Kier alpha value is -5.64. The molecule has 16 rings (SSSR count). The highest BCUT2D eigenvalue weighted by molar-refractivity contribution is 7.31. The molecule has 0 fully saturated rings. The summed E-state index contributed by atoms with van der Waals surface area (Å²) in [5, 5.41) is 1.48. The van der Waals surface area contributed by atoms with Crippen LogP contribution in [0.2, 0.25) is 0 Å². The molecule has 8 aliphatic rings. The van der Waals surface area contributed by atoms with Crippen LogP contribution >= 0.6 is 11.3 Å².